The van der Waals surface area contributed by atoms with E-state index in [4.69, 9.17) is 5.73 Å². The Morgan fingerprint density at radius 3 is 3.00 bits per heavy atom. The summed E-state index contributed by atoms with van der Waals surface area (Å²) in [5.41, 5.74) is 12.0. The summed E-state index contributed by atoms with van der Waals surface area (Å²) in [6, 6.07) is 6.30. The number of thiazole rings is 1. The van der Waals surface area contributed by atoms with E-state index in [0.29, 0.717) is 0 Å². The molecule has 2 heterocycles. The Hall–Kier alpha value is -1.59. The summed E-state index contributed by atoms with van der Waals surface area (Å²) in [4.78, 5) is 5.69. The molecule has 5 heteroatoms. The molecule has 0 amide bonds. The Morgan fingerprint density at radius 1 is 1.26 bits per heavy atom. The molecule has 0 bridgehead atoms. The van der Waals surface area contributed by atoms with E-state index in [0.717, 1.165) is 34.6 Å². The topological polar surface area (TPSA) is 50.9 Å². The van der Waals surface area contributed by atoms with Crippen LogP contribution in [0.4, 0.5) is 11.4 Å². The van der Waals surface area contributed by atoms with Crippen LogP contribution in [-0.2, 0) is 13.0 Å². The number of hydrogen-bond acceptors (Lipinski definition) is 5. The number of nitrogens with zero attached hydrogens (tertiary/aromatic N) is 1. The summed E-state index contributed by atoms with van der Waals surface area (Å²) in [5, 5.41) is 5.56. The number of nitrogens with one attached hydrogen (secondary N) is 1. The standard InChI is InChI=1S/C14H15N3S2/c1-2-9-5-6-18-12(9)7-16-10-3-4-11-14(13(10)15)17-8-19-11/h3-6,8,16H,2,7,15H2,1H3. The van der Waals surface area contributed by atoms with Crippen LogP contribution in [0.1, 0.15) is 17.4 Å². The first-order valence-electron chi connectivity index (χ1n) is 6.20. The molecule has 2 aromatic heterocycles. The van der Waals surface area contributed by atoms with E-state index in [2.05, 4.69) is 34.7 Å². The molecule has 0 atom stereocenters. The van der Waals surface area contributed by atoms with Crippen molar-refractivity contribution in [1.29, 1.82) is 0 Å². The average Bonchev–Trinajstić information content (AvgIpc) is 3.06. The van der Waals surface area contributed by atoms with Gasteiger partial charge in [0.2, 0.25) is 0 Å². The van der Waals surface area contributed by atoms with Gasteiger partial charge in [-0.1, -0.05) is 6.92 Å². The molecule has 3 rings (SSSR count). The fourth-order valence-electron chi connectivity index (χ4n) is 2.12. The molecule has 0 spiro atoms. The van der Waals surface area contributed by atoms with Gasteiger partial charge < -0.3 is 11.1 Å². The van der Waals surface area contributed by atoms with Gasteiger partial charge in [0.05, 0.1) is 21.6 Å². The predicted octanol–water partition coefficient (Wildman–Crippen LogP) is 4.11. The van der Waals surface area contributed by atoms with E-state index in [1.165, 1.54) is 10.4 Å². The van der Waals surface area contributed by atoms with Crippen molar-refractivity contribution in [3.8, 4) is 0 Å². The zero-order valence-corrected chi connectivity index (χ0v) is 12.3. The van der Waals surface area contributed by atoms with Crippen LogP contribution in [0.2, 0.25) is 0 Å². The summed E-state index contributed by atoms with van der Waals surface area (Å²) in [6.45, 7) is 3.00. The summed E-state index contributed by atoms with van der Waals surface area (Å²) in [5.74, 6) is 0. The molecule has 3 aromatic rings. The maximum Gasteiger partial charge on any atom is 0.106 e. The number of fused-ring (bicyclic) bond motifs is 1. The lowest BCUT2D eigenvalue weighted by atomic mass is 10.2. The lowest BCUT2D eigenvalue weighted by Gasteiger charge is -2.09. The van der Waals surface area contributed by atoms with Crippen molar-refractivity contribution < 1.29 is 0 Å². The Balaban J connectivity index is 1.83. The molecule has 3 N–H and O–H groups in total. The second-order valence-corrected chi connectivity index (χ2v) is 6.19. The second kappa shape index (κ2) is 5.19. The van der Waals surface area contributed by atoms with Gasteiger partial charge in [0.1, 0.15) is 5.52 Å². The molecule has 0 aliphatic rings. The second-order valence-electron chi connectivity index (χ2n) is 4.30. The average molecular weight is 289 g/mol. The third-order valence-corrected chi connectivity index (χ3v) is 4.96. The number of aryl methyl sites for hydroxylation is 1. The van der Waals surface area contributed by atoms with Gasteiger partial charge in [0.15, 0.2) is 0 Å². The number of nitrogens with two attached hydrogens (primary N) is 1. The first-order chi connectivity index (χ1) is 9.29. The summed E-state index contributed by atoms with van der Waals surface area (Å²) in [6.07, 6.45) is 1.07. The number of anilines is 2. The number of nitrogen functional groups attached to an aromatic ring is 1. The van der Waals surface area contributed by atoms with Gasteiger partial charge in [0.25, 0.3) is 0 Å². The highest BCUT2D eigenvalue weighted by atomic mass is 32.1. The van der Waals surface area contributed by atoms with Gasteiger partial charge in [-0.2, -0.15) is 0 Å². The zero-order valence-electron chi connectivity index (χ0n) is 10.6. The molecule has 0 aliphatic heterocycles. The lowest BCUT2D eigenvalue weighted by molar-refractivity contribution is 1.08. The molecular formula is C14H15N3S2. The number of rotatable bonds is 4. The van der Waals surface area contributed by atoms with Crippen molar-refractivity contribution in [3.63, 3.8) is 0 Å². The Morgan fingerprint density at radius 2 is 2.16 bits per heavy atom. The van der Waals surface area contributed by atoms with Crippen molar-refractivity contribution in [2.45, 2.75) is 19.9 Å². The number of hydrogen-bond donors (Lipinski definition) is 2. The highest BCUT2D eigenvalue weighted by molar-refractivity contribution is 7.16. The first kappa shape index (κ1) is 12.4. The molecule has 98 valence electrons. The Labute approximate surface area is 120 Å². The molecule has 3 nitrogen and oxygen atoms in total. The Bertz CT molecular complexity index is 700. The van der Waals surface area contributed by atoms with Crippen molar-refractivity contribution in [3.05, 3.63) is 39.5 Å². The monoisotopic (exact) mass is 289 g/mol. The van der Waals surface area contributed by atoms with E-state index in [-0.39, 0.29) is 0 Å². The fourth-order valence-corrected chi connectivity index (χ4v) is 3.73. The molecule has 0 fully saturated rings. The Kier molecular flexibility index (Phi) is 3.40. The van der Waals surface area contributed by atoms with Crippen molar-refractivity contribution in [2.24, 2.45) is 0 Å². The smallest absolute Gasteiger partial charge is 0.106 e. The predicted molar refractivity (Wildman–Crippen MR) is 85.1 cm³/mol. The largest absolute Gasteiger partial charge is 0.395 e. The summed E-state index contributed by atoms with van der Waals surface area (Å²) < 4.78 is 1.13. The minimum atomic E-state index is 0.744. The van der Waals surface area contributed by atoms with Crippen LogP contribution in [0.25, 0.3) is 10.2 Å². The first-order valence-corrected chi connectivity index (χ1v) is 7.96. The minimum absolute atomic E-state index is 0.744. The molecule has 1 aromatic carbocycles. The summed E-state index contributed by atoms with van der Waals surface area (Å²) >= 11 is 3.40. The van der Waals surface area contributed by atoms with E-state index >= 15 is 0 Å². The van der Waals surface area contributed by atoms with Gasteiger partial charge in [-0.3, -0.25) is 0 Å². The van der Waals surface area contributed by atoms with Gasteiger partial charge in [0, 0.05) is 11.4 Å². The van der Waals surface area contributed by atoms with E-state index in [9.17, 15) is 0 Å². The molecule has 0 aliphatic carbocycles. The number of benzene rings is 1. The third-order valence-electron chi connectivity index (χ3n) is 3.20. The molecular weight excluding hydrogens is 274 g/mol. The van der Waals surface area contributed by atoms with Crippen LogP contribution in [0.15, 0.2) is 29.1 Å². The maximum atomic E-state index is 6.16. The molecule has 0 radical (unpaired) electrons. The van der Waals surface area contributed by atoms with E-state index < -0.39 is 0 Å². The van der Waals surface area contributed by atoms with Gasteiger partial charge in [-0.05, 0) is 35.6 Å². The zero-order chi connectivity index (χ0) is 13.2. The highest BCUT2D eigenvalue weighted by Crippen LogP contribution is 2.30. The number of thiophene rings is 1. The SMILES string of the molecule is CCc1ccsc1CNc1ccc2scnc2c1N. The van der Waals surface area contributed by atoms with Crippen LogP contribution >= 0.6 is 22.7 Å². The molecule has 0 saturated heterocycles. The third kappa shape index (κ3) is 2.31. The van der Waals surface area contributed by atoms with Gasteiger partial charge in [-0.25, -0.2) is 4.98 Å². The van der Waals surface area contributed by atoms with Gasteiger partial charge >= 0.3 is 0 Å². The maximum absolute atomic E-state index is 6.16. The van der Waals surface area contributed by atoms with Crippen LogP contribution < -0.4 is 11.1 Å². The van der Waals surface area contributed by atoms with Crippen LogP contribution in [0.5, 0.6) is 0 Å². The fraction of sp³-hybridized carbons (Fsp3) is 0.214. The van der Waals surface area contributed by atoms with Crippen LogP contribution in [0, 0.1) is 0 Å². The minimum Gasteiger partial charge on any atom is -0.395 e. The van der Waals surface area contributed by atoms with Crippen molar-refractivity contribution >= 4 is 44.3 Å². The van der Waals surface area contributed by atoms with Gasteiger partial charge in [-0.15, -0.1) is 22.7 Å². The van der Waals surface area contributed by atoms with E-state index in [1.54, 1.807) is 22.7 Å². The lowest BCUT2D eigenvalue weighted by Crippen LogP contribution is -2.03. The highest BCUT2D eigenvalue weighted by Gasteiger charge is 2.08. The number of aromatic nitrogens is 1. The van der Waals surface area contributed by atoms with Crippen LogP contribution in [0.3, 0.4) is 0 Å². The van der Waals surface area contributed by atoms with Crippen LogP contribution in [-0.4, -0.2) is 4.98 Å². The summed E-state index contributed by atoms with van der Waals surface area (Å²) in [7, 11) is 0. The van der Waals surface area contributed by atoms with Crippen molar-refractivity contribution in [1.82, 2.24) is 4.98 Å². The molecule has 0 unspecified atom stereocenters. The van der Waals surface area contributed by atoms with Crippen molar-refractivity contribution in [2.75, 3.05) is 11.1 Å². The van der Waals surface area contributed by atoms with E-state index in [1.807, 2.05) is 11.6 Å². The normalized spacial score (nSPS) is 11.0. The molecule has 19 heavy (non-hydrogen) atoms. The molecule has 0 saturated carbocycles. The quantitative estimate of drug-likeness (QED) is 0.710.